The molecule has 0 radical (unpaired) electrons. The monoisotopic (exact) mass is 337 g/mol. The van der Waals surface area contributed by atoms with E-state index >= 15 is 0 Å². The fourth-order valence-corrected chi connectivity index (χ4v) is 2.80. The van der Waals surface area contributed by atoms with E-state index in [2.05, 4.69) is 5.32 Å². The first-order chi connectivity index (χ1) is 12.0. The number of rotatable bonds is 6. The van der Waals surface area contributed by atoms with Gasteiger partial charge in [0.05, 0.1) is 16.8 Å². The van der Waals surface area contributed by atoms with E-state index in [1.54, 1.807) is 42.5 Å². The molecule has 1 N–H and O–H groups in total. The Balaban J connectivity index is 1.95. The lowest BCUT2D eigenvalue weighted by atomic mass is 10.1. The van der Waals surface area contributed by atoms with Crippen molar-refractivity contribution >= 4 is 29.5 Å². The summed E-state index contributed by atoms with van der Waals surface area (Å²) in [6.07, 6.45) is 0.752. The van der Waals surface area contributed by atoms with Gasteiger partial charge >= 0.3 is 0 Å². The number of nitrogens with zero attached hydrogens (tertiary/aromatic N) is 2. The second-order valence-corrected chi connectivity index (χ2v) is 6.12. The Labute approximate surface area is 146 Å². The zero-order valence-corrected chi connectivity index (χ0v) is 14.2. The number of hydrogen-bond donors (Lipinski definition) is 1. The number of fused-ring (bicyclic) bond motifs is 1. The minimum Gasteiger partial charge on any atom is -0.354 e. The molecule has 0 saturated heterocycles. The van der Waals surface area contributed by atoms with Crippen LogP contribution in [0.25, 0.3) is 0 Å². The lowest BCUT2D eigenvalue weighted by Crippen LogP contribution is -2.35. The summed E-state index contributed by atoms with van der Waals surface area (Å²) >= 11 is 0. The van der Waals surface area contributed by atoms with Gasteiger partial charge in [-0.2, -0.15) is 0 Å². The minimum atomic E-state index is -0.312. The van der Waals surface area contributed by atoms with Crippen LogP contribution in [-0.4, -0.2) is 55.1 Å². The number of benzene rings is 2. The zero-order chi connectivity index (χ0) is 18.0. The van der Waals surface area contributed by atoms with Gasteiger partial charge in [0.15, 0.2) is 6.29 Å². The third-order valence-corrected chi connectivity index (χ3v) is 4.13. The summed E-state index contributed by atoms with van der Waals surface area (Å²) in [7, 11) is 3.78. The molecule has 2 aromatic carbocycles. The molecule has 3 rings (SSSR count). The first kappa shape index (κ1) is 16.9. The molecule has 1 heterocycles. The smallest absolute Gasteiger partial charge is 0.263 e. The van der Waals surface area contributed by atoms with Crippen LogP contribution in [0.5, 0.6) is 0 Å². The average Bonchev–Trinajstić information content (AvgIpc) is 2.85. The Bertz CT molecular complexity index is 846. The van der Waals surface area contributed by atoms with Crippen molar-refractivity contribution in [1.82, 2.24) is 9.80 Å². The van der Waals surface area contributed by atoms with Gasteiger partial charge in [0.2, 0.25) is 0 Å². The summed E-state index contributed by atoms with van der Waals surface area (Å²) in [6.45, 7) is 0.936. The highest BCUT2D eigenvalue weighted by molar-refractivity contribution is 6.24. The van der Waals surface area contributed by atoms with Crippen LogP contribution in [0.2, 0.25) is 0 Å². The molecule has 0 aliphatic carbocycles. The molecule has 0 atom stereocenters. The van der Waals surface area contributed by atoms with Crippen molar-refractivity contribution in [1.29, 1.82) is 0 Å². The van der Waals surface area contributed by atoms with Crippen LogP contribution in [0.1, 0.15) is 31.1 Å². The van der Waals surface area contributed by atoms with Gasteiger partial charge in [0.1, 0.15) is 0 Å². The van der Waals surface area contributed by atoms with Crippen molar-refractivity contribution in [3.05, 3.63) is 59.2 Å². The number of imide groups is 1. The summed E-state index contributed by atoms with van der Waals surface area (Å²) in [6, 6.07) is 12.1. The highest BCUT2D eigenvalue weighted by Gasteiger charge is 2.37. The molecule has 1 aliphatic rings. The summed E-state index contributed by atoms with van der Waals surface area (Å²) in [5.74, 6) is -0.595. The van der Waals surface area contributed by atoms with Gasteiger partial charge in [0.25, 0.3) is 11.8 Å². The summed E-state index contributed by atoms with van der Waals surface area (Å²) in [4.78, 5) is 39.7. The van der Waals surface area contributed by atoms with E-state index in [9.17, 15) is 14.4 Å². The molecule has 0 saturated carbocycles. The van der Waals surface area contributed by atoms with Gasteiger partial charge in [-0.25, -0.2) is 0 Å². The average molecular weight is 337 g/mol. The Morgan fingerprint density at radius 1 is 1.00 bits per heavy atom. The summed E-state index contributed by atoms with van der Waals surface area (Å²) < 4.78 is 0. The van der Waals surface area contributed by atoms with Gasteiger partial charge in [-0.1, -0.05) is 18.2 Å². The van der Waals surface area contributed by atoms with Gasteiger partial charge in [-0.3, -0.25) is 19.3 Å². The Morgan fingerprint density at radius 2 is 1.72 bits per heavy atom. The van der Waals surface area contributed by atoms with E-state index in [0.717, 1.165) is 6.29 Å². The highest BCUT2D eigenvalue weighted by atomic mass is 16.2. The Morgan fingerprint density at radius 3 is 2.44 bits per heavy atom. The molecule has 2 amide bonds. The van der Waals surface area contributed by atoms with Crippen LogP contribution >= 0.6 is 0 Å². The van der Waals surface area contributed by atoms with Crippen LogP contribution in [-0.2, 0) is 0 Å². The number of para-hydroxylation sites is 1. The normalized spacial score (nSPS) is 13.3. The number of nitrogens with one attached hydrogen (secondary N) is 1. The van der Waals surface area contributed by atoms with Crippen molar-refractivity contribution in [3.8, 4) is 0 Å². The predicted octanol–water partition coefficient (Wildman–Crippen LogP) is 2.40. The van der Waals surface area contributed by atoms with Crippen LogP contribution in [0.3, 0.4) is 0 Å². The molecule has 128 valence electrons. The van der Waals surface area contributed by atoms with Crippen molar-refractivity contribution in [2.24, 2.45) is 0 Å². The van der Waals surface area contributed by atoms with E-state index < -0.39 is 0 Å². The van der Waals surface area contributed by atoms with E-state index in [-0.39, 0.29) is 11.8 Å². The molecule has 25 heavy (non-hydrogen) atoms. The van der Waals surface area contributed by atoms with Gasteiger partial charge in [-0.05, 0) is 38.4 Å². The fraction of sp³-hybridized carbons (Fsp3) is 0.211. The zero-order valence-electron chi connectivity index (χ0n) is 14.2. The second kappa shape index (κ2) is 6.86. The third-order valence-electron chi connectivity index (χ3n) is 4.13. The molecule has 0 bridgehead atoms. The van der Waals surface area contributed by atoms with Crippen molar-refractivity contribution in [2.45, 2.75) is 0 Å². The van der Waals surface area contributed by atoms with E-state index in [1.807, 2.05) is 19.0 Å². The molecule has 0 unspecified atom stereocenters. The largest absolute Gasteiger partial charge is 0.354 e. The van der Waals surface area contributed by atoms with E-state index in [0.29, 0.717) is 41.2 Å². The molecule has 0 spiro atoms. The topological polar surface area (TPSA) is 69.7 Å². The minimum absolute atomic E-state index is 0.283. The lowest BCUT2D eigenvalue weighted by molar-refractivity contribution is 0.0645. The van der Waals surface area contributed by atoms with E-state index in [1.165, 1.54) is 4.90 Å². The summed E-state index contributed by atoms with van der Waals surface area (Å²) in [5.41, 5.74) is 2.35. The number of likely N-dealkylation sites (N-methyl/N-ethyl adjacent to an activating group) is 1. The second-order valence-electron chi connectivity index (χ2n) is 6.12. The molecule has 0 aromatic heterocycles. The Kier molecular flexibility index (Phi) is 4.63. The molecular weight excluding hydrogens is 318 g/mol. The van der Waals surface area contributed by atoms with Gasteiger partial charge in [0, 0.05) is 24.3 Å². The molecule has 6 nitrogen and oxygen atoms in total. The Hall–Kier alpha value is -2.99. The maximum atomic E-state index is 12.8. The van der Waals surface area contributed by atoms with Crippen molar-refractivity contribution in [2.75, 3.05) is 32.5 Å². The van der Waals surface area contributed by atoms with Crippen LogP contribution in [0, 0.1) is 0 Å². The number of hydrogen-bond acceptors (Lipinski definition) is 5. The van der Waals surface area contributed by atoms with Crippen molar-refractivity contribution in [3.63, 3.8) is 0 Å². The first-order valence-electron chi connectivity index (χ1n) is 7.98. The van der Waals surface area contributed by atoms with Crippen LogP contribution in [0.4, 0.5) is 11.4 Å². The number of aldehydes is 1. The standard InChI is InChI=1S/C19H19N3O3/c1-21(2)10-11-22-18(24)14-7-5-9-16(17(14)19(22)25)20-15-8-4-3-6-13(15)12-23/h3-9,12,20H,10-11H2,1-2H3. The predicted molar refractivity (Wildman–Crippen MR) is 95.5 cm³/mol. The van der Waals surface area contributed by atoms with E-state index in [4.69, 9.17) is 0 Å². The number of carbonyl (C=O) groups excluding carboxylic acids is 3. The number of carbonyl (C=O) groups is 3. The first-order valence-corrected chi connectivity index (χ1v) is 7.98. The van der Waals surface area contributed by atoms with Crippen molar-refractivity contribution < 1.29 is 14.4 Å². The molecule has 6 heteroatoms. The molecular formula is C19H19N3O3. The van der Waals surface area contributed by atoms with Gasteiger partial charge in [-0.15, -0.1) is 0 Å². The third kappa shape index (κ3) is 3.16. The maximum absolute atomic E-state index is 12.8. The maximum Gasteiger partial charge on any atom is 0.263 e. The highest BCUT2D eigenvalue weighted by Crippen LogP contribution is 2.31. The quantitative estimate of drug-likeness (QED) is 0.647. The SMILES string of the molecule is CN(C)CCN1C(=O)c2cccc(Nc3ccccc3C=O)c2C1=O. The fourth-order valence-electron chi connectivity index (χ4n) is 2.80. The molecule has 2 aromatic rings. The number of amides is 2. The van der Waals surface area contributed by atoms with Gasteiger partial charge < -0.3 is 10.2 Å². The van der Waals surface area contributed by atoms with Crippen LogP contribution < -0.4 is 5.32 Å². The molecule has 1 aliphatic heterocycles. The summed E-state index contributed by atoms with van der Waals surface area (Å²) in [5, 5.41) is 3.12. The number of anilines is 2. The lowest BCUT2D eigenvalue weighted by Gasteiger charge is -2.17. The van der Waals surface area contributed by atoms with Crippen LogP contribution in [0.15, 0.2) is 42.5 Å². The molecule has 0 fully saturated rings.